The standard InChI is InChI=1S/C22H19F3N2O5S/c1-31-18-9-6-16(7-10-18)27-33(29,30)20-13-17(8-11-19(20)32-2)26-21(28)14-4-3-5-15(12-14)22(23,24)25/h3-13,27H,1-2H3,(H,26,28). The van der Waals surface area contributed by atoms with E-state index in [9.17, 15) is 26.4 Å². The van der Waals surface area contributed by atoms with Gasteiger partial charge in [-0.2, -0.15) is 13.2 Å². The maximum Gasteiger partial charge on any atom is 0.416 e. The summed E-state index contributed by atoms with van der Waals surface area (Å²) in [4.78, 5) is 12.2. The molecule has 1 amide bonds. The third-order valence-corrected chi connectivity index (χ3v) is 5.91. The molecule has 0 unspecified atom stereocenters. The van der Waals surface area contributed by atoms with Gasteiger partial charge in [0, 0.05) is 16.9 Å². The number of methoxy groups -OCH3 is 2. The van der Waals surface area contributed by atoms with Crippen LogP contribution in [0.25, 0.3) is 0 Å². The number of ether oxygens (including phenoxy) is 2. The second-order valence-electron chi connectivity index (χ2n) is 6.73. The molecule has 0 atom stereocenters. The molecule has 0 radical (unpaired) electrons. The van der Waals surface area contributed by atoms with E-state index in [1.54, 1.807) is 12.1 Å². The van der Waals surface area contributed by atoms with Gasteiger partial charge in [0.1, 0.15) is 16.4 Å². The Bertz CT molecular complexity index is 1260. The summed E-state index contributed by atoms with van der Waals surface area (Å²) >= 11 is 0. The number of hydrogen-bond donors (Lipinski definition) is 2. The van der Waals surface area contributed by atoms with Gasteiger partial charge in [-0.3, -0.25) is 9.52 Å². The Morgan fingerprint density at radius 2 is 1.55 bits per heavy atom. The molecule has 3 aromatic rings. The van der Waals surface area contributed by atoms with Gasteiger partial charge in [0.05, 0.1) is 19.8 Å². The molecule has 0 spiro atoms. The Balaban J connectivity index is 1.88. The van der Waals surface area contributed by atoms with E-state index in [0.29, 0.717) is 11.8 Å². The predicted molar refractivity (Wildman–Crippen MR) is 116 cm³/mol. The summed E-state index contributed by atoms with van der Waals surface area (Å²) in [5.41, 5.74) is -0.900. The van der Waals surface area contributed by atoms with E-state index >= 15 is 0 Å². The first kappa shape index (κ1) is 23.9. The monoisotopic (exact) mass is 480 g/mol. The number of hydrogen-bond acceptors (Lipinski definition) is 5. The van der Waals surface area contributed by atoms with Crippen LogP contribution in [0.3, 0.4) is 0 Å². The number of amides is 1. The first-order valence-electron chi connectivity index (χ1n) is 9.37. The highest BCUT2D eigenvalue weighted by Crippen LogP contribution is 2.31. The largest absolute Gasteiger partial charge is 0.497 e. The molecule has 0 aliphatic carbocycles. The van der Waals surface area contributed by atoms with Crippen molar-refractivity contribution < 1.29 is 35.9 Å². The molecule has 0 saturated heterocycles. The van der Waals surface area contributed by atoms with Crippen molar-refractivity contribution in [2.45, 2.75) is 11.1 Å². The van der Waals surface area contributed by atoms with Crippen molar-refractivity contribution in [3.05, 3.63) is 77.9 Å². The minimum absolute atomic E-state index is 0.00748. The van der Waals surface area contributed by atoms with Gasteiger partial charge in [-0.15, -0.1) is 0 Å². The number of nitrogens with one attached hydrogen (secondary N) is 2. The van der Waals surface area contributed by atoms with E-state index in [1.165, 1.54) is 44.6 Å². The molecular weight excluding hydrogens is 461 g/mol. The third kappa shape index (κ3) is 5.75. The van der Waals surface area contributed by atoms with Crippen LogP contribution in [0.4, 0.5) is 24.5 Å². The molecule has 174 valence electrons. The summed E-state index contributed by atoms with van der Waals surface area (Å²) in [6.07, 6.45) is -4.61. The van der Waals surface area contributed by atoms with Gasteiger partial charge >= 0.3 is 6.18 Å². The topological polar surface area (TPSA) is 93.7 Å². The fourth-order valence-corrected chi connectivity index (χ4v) is 4.13. The van der Waals surface area contributed by atoms with E-state index in [4.69, 9.17) is 9.47 Å². The van der Waals surface area contributed by atoms with Crippen molar-refractivity contribution in [1.29, 1.82) is 0 Å². The van der Waals surface area contributed by atoms with Crippen LogP contribution in [-0.2, 0) is 16.2 Å². The molecule has 3 rings (SSSR count). The van der Waals surface area contributed by atoms with Gasteiger partial charge in [-0.1, -0.05) is 6.07 Å². The predicted octanol–water partition coefficient (Wildman–Crippen LogP) is 4.78. The molecule has 0 aliphatic heterocycles. The lowest BCUT2D eigenvalue weighted by Crippen LogP contribution is -2.16. The Morgan fingerprint density at radius 1 is 0.879 bits per heavy atom. The molecular formula is C22H19F3N2O5S. The number of sulfonamides is 1. The smallest absolute Gasteiger partial charge is 0.416 e. The zero-order chi connectivity index (χ0) is 24.2. The fraction of sp³-hybridized carbons (Fsp3) is 0.136. The maximum atomic E-state index is 12.9. The van der Waals surface area contributed by atoms with Gasteiger partial charge in [0.25, 0.3) is 15.9 Å². The lowest BCUT2D eigenvalue weighted by Gasteiger charge is -2.14. The highest BCUT2D eigenvalue weighted by Gasteiger charge is 2.31. The number of carbonyl (C=O) groups is 1. The number of halogens is 3. The van der Waals surface area contributed by atoms with Gasteiger partial charge in [-0.05, 0) is 60.7 Å². The zero-order valence-electron chi connectivity index (χ0n) is 17.4. The minimum Gasteiger partial charge on any atom is -0.497 e. The normalized spacial score (nSPS) is 11.5. The molecule has 0 saturated carbocycles. The summed E-state index contributed by atoms with van der Waals surface area (Å²) in [7, 11) is -1.38. The number of rotatable bonds is 7. The van der Waals surface area contributed by atoms with Crippen LogP contribution in [0.2, 0.25) is 0 Å². The van der Waals surface area contributed by atoms with Gasteiger partial charge < -0.3 is 14.8 Å². The molecule has 0 aliphatic rings. The third-order valence-electron chi connectivity index (χ3n) is 4.51. The van der Waals surface area contributed by atoms with Crippen LogP contribution in [0, 0.1) is 0 Å². The van der Waals surface area contributed by atoms with Gasteiger partial charge in [0.2, 0.25) is 0 Å². The Morgan fingerprint density at radius 3 is 2.15 bits per heavy atom. The number of alkyl halides is 3. The lowest BCUT2D eigenvalue weighted by molar-refractivity contribution is -0.137. The van der Waals surface area contributed by atoms with Crippen LogP contribution in [0.15, 0.2) is 71.6 Å². The van der Waals surface area contributed by atoms with E-state index in [-0.39, 0.29) is 27.6 Å². The summed E-state index contributed by atoms with van der Waals surface area (Å²) in [6, 6.07) is 13.9. The molecule has 33 heavy (non-hydrogen) atoms. The van der Waals surface area contributed by atoms with Crippen molar-refractivity contribution in [2.75, 3.05) is 24.3 Å². The number of benzene rings is 3. The van der Waals surface area contributed by atoms with Crippen molar-refractivity contribution in [2.24, 2.45) is 0 Å². The van der Waals surface area contributed by atoms with Gasteiger partial charge in [-0.25, -0.2) is 8.42 Å². The minimum atomic E-state index is -4.61. The molecule has 0 heterocycles. The summed E-state index contributed by atoms with van der Waals surface area (Å²) in [5, 5.41) is 2.41. The first-order valence-corrected chi connectivity index (χ1v) is 10.9. The van der Waals surface area contributed by atoms with E-state index < -0.39 is 27.7 Å². The second-order valence-corrected chi connectivity index (χ2v) is 8.38. The molecule has 11 heteroatoms. The molecule has 2 N–H and O–H groups in total. The molecule has 0 bridgehead atoms. The first-order chi connectivity index (χ1) is 15.5. The van der Waals surface area contributed by atoms with E-state index in [1.807, 2.05) is 0 Å². The summed E-state index contributed by atoms with van der Waals surface area (Å²) in [6.45, 7) is 0. The van der Waals surface area contributed by atoms with Crippen LogP contribution < -0.4 is 19.5 Å². The lowest BCUT2D eigenvalue weighted by atomic mass is 10.1. The SMILES string of the molecule is COc1ccc(NS(=O)(=O)c2cc(NC(=O)c3cccc(C(F)(F)F)c3)ccc2OC)cc1. The van der Waals surface area contributed by atoms with Crippen LogP contribution >= 0.6 is 0 Å². The Labute approximate surface area is 188 Å². The molecule has 0 aromatic heterocycles. The average Bonchev–Trinajstić information content (AvgIpc) is 2.79. The molecule has 7 nitrogen and oxygen atoms in total. The molecule has 0 fully saturated rings. The highest BCUT2D eigenvalue weighted by molar-refractivity contribution is 7.92. The highest BCUT2D eigenvalue weighted by atomic mass is 32.2. The summed E-state index contributed by atoms with van der Waals surface area (Å²) < 4.78 is 77.2. The van der Waals surface area contributed by atoms with E-state index in [2.05, 4.69) is 10.0 Å². The Hall–Kier alpha value is -3.73. The van der Waals surface area contributed by atoms with Crippen LogP contribution in [-0.4, -0.2) is 28.5 Å². The zero-order valence-corrected chi connectivity index (χ0v) is 18.3. The van der Waals surface area contributed by atoms with Gasteiger partial charge in [0.15, 0.2) is 0 Å². The molecule has 3 aromatic carbocycles. The van der Waals surface area contributed by atoms with Crippen molar-refractivity contribution in [3.63, 3.8) is 0 Å². The second kappa shape index (κ2) is 9.41. The van der Waals surface area contributed by atoms with Crippen molar-refractivity contribution in [1.82, 2.24) is 0 Å². The number of anilines is 2. The van der Waals surface area contributed by atoms with Crippen molar-refractivity contribution in [3.8, 4) is 11.5 Å². The number of carbonyl (C=O) groups excluding carboxylic acids is 1. The van der Waals surface area contributed by atoms with Crippen LogP contribution in [0.5, 0.6) is 11.5 Å². The summed E-state index contributed by atoms with van der Waals surface area (Å²) in [5.74, 6) is -0.291. The average molecular weight is 480 g/mol. The van der Waals surface area contributed by atoms with Crippen LogP contribution in [0.1, 0.15) is 15.9 Å². The van der Waals surface area contributed by atoms with Crippen molar-refractivity contribution >= 4 is 27.3 Å². The quantitative estimate of drug-likeness (QED) is 0.508. The fourth-order valence-electron chi connectivity index (χ4n) is 2.87. The Kier molecular flexibility index (Phi) is 6.82. The maximum absolute atomic E-state index is 12.9. The van der Waals surface area contributed by atoms with E-state index in [0.717, 1.165) is 18.2 Å².